The maximum atomic E-state index is 6.20. The van der Waals surface area contributed by atoms with E-state index in [4.69, 9.17) is 5.73 Å². The quantitative estimate of drug-likeness (QED) is 0.769. The summed E-state index contributed by atoms with van der Waals surface area (Å²) in [5.74, 6) is 2.73. The first-order valence-corrected chi connectivity index (χ1v) is 7.74. The van der Waals surface area contributed by atoms with Crippen LogP contribution in [0.3, 0.4) is 0 Å². The van der Waals surface area contributed by atoms with Gasteiger partial charge in [0.1, 0.15) is 0 Å². The highest BCUT2D eigenvalue weighted by atomic mass is 32.2. The molecule has 0 bridgehead atoms. The molecule has 0 saturated heterocycles. The van der Waals surface area contributed by atoms with Gasteiger partial charge >= 0.3 is 0 Å². The van der Waals surface area contributed by atoms with Crippen LogP contribution in [0.4, 0.5) is 0 Å². The predicted octanol–water partition coefficient (Wildman–Crippen LogP) is 3.10. The SMILES string of the molecule is CC(C)c1ccc(C(N)CSCCN(C)C)cc1. The second kappa shape index (κ2) is 7.82. The first kappa shape index (κ1) is 15.5. The van der Waals surface area contributed by atoms with E-state index in [-0.39, 0.29) is 6.04 Å². The van der Waals surface area contributed by atoms with Crippen molar-refractivity contribution in [2.24, 2.45) is 5.73 Å². The van der Waals surface area contributed by atoms with Gasteiger partial charge in [-0.15, -0.1) is 0 Å². The molecule has 0 aliphatic carbocycles. The van der Waals surface area contributed by atoms with E-state index in [2.05, 4.69) is 57.1 Å². The summed E-state index contributed by atoms with van der Waals surface area (Å²) >= 11 is 1.93. The summed E-state index contributed by atoms with van der Waals surface area (Å²) in [7, 11) is 4.20. The van der Waals surface area contributed by atoms with Crippen molar-refractivity contribution < 1.29 is 0 Å². The fourth-order valence-electron chi connectivity index (χ4n) is 1.68. The lowest BCUT2D eigenvalue weighted by molar-refractivity contribution is 0.437. The van der Waals surface area contributed by atoms with Gasteiger partial charge in [-0.2, -0.15) is 11.8 Å². The Morgan fingerprint density at radius 1 is 1.11 bits per heavy atom. The Kier molecular flexibility index (Phi) is 6.76. The zero-order valence-corrected chi connectivity index (χ0v) is 12.8. The maximum absolute atomic E-state index is 6.20. The van der Waals surface area contributed by atoms with E-state index in [0.717, 1.165) is 18.1 Å². The lowest BCUT2D eigenvalue weighted by Gasteiger charge is -2.14. The number of nitrogens with two attached hydrogens (primary N) is 1. The minimum Gasteiger partial charge on any atom is -0.323 e. The third-order valence-corrected chi connectivity index (χ3v) is 4.08. The van der Waals surface area contributed by atoms with Crippen LogP contribution in [0.2, 0.25) is 0 Å². The fraction of sp³-hybridized carbons (Fsp3) is 0.600. The van der Waals surface area contributed by atoms with Gasteiger partial charge in [-0.25, -0.2) is 0 Å². The number of rotatable bonds is 7. The van der Waals surface area contributed by atoms with Gasteiger partial charge in [0, 0.05) is 24.1 Å². The molecule has 0 amide bonds. The number of hydrogen-bond acceptors (Lipinski definition) is 3. The van der Waals surface area contributed by atoms with Crippen LogP contribution < -0.4 is 5.73 Å². The van der Waals surface area contributed by atoms with Crippen molar-refractivity contribution in [1.29, 1.82) is 0 Å². The van der Waals surface area contributed by atoms with Gasteiger partial charge < -0.3 is 10.6 Å². The zero-order valence-electron chi connectivity index (χ0n) is 12.0. The molecule has 0 radical (unpaired) electrons. The molecule has 1 unspecified atom stereocenters. The minimum absolute atomic E-state index is 0.151. The van der Waals surface area contributed by atoms with Crippen molar-refractivity contribution in [3.8, 4) is 0 Å². The van der Waals surface area contributed by atoms with Gasteiger partial charge in [0.05, 0.1) is 0 Å². The van der Waals surface area contributed by atoms with Crippen LogP contribution in [-0.4, -0.2) is 37.0 Å². The van der Waals surface area contributed by atoms with E-state index in [1.54, 1.807) is 0 Å². The molecule has 1 aromatic rings. The van der Waals surface area contributed by atoms with E-state index in [9.17, 15) is 0 Å². The Labute approximate surface area is 116 Å². The maximum Gasteiger partial charge on any atom is 0.0386 e. The van der Waals surface area contributed by atoms with Gasteiger partial charge in [0.2, 0.25) is 0 Å². The van der Waals surface area contributed by atoms with Crippen molar-refractivity contribution in [3.63, 3.8) is 0 Å². The minimum atomic E-state index is 0.151. The van der Waals surface area contributed by atoms with Crippen LogP contribution in [-0.2, 0) is 0 Å². The number of thioether (sulfide) groups is 1. The smallest absolute Gasteiger partial charge is 0.0386 e. The summed E-state index contributed by atoms with van der Waals surface area (Å²) in [6, 6.07) is 8.90. The number of hydrogen-bond donors (Lipinski definition) is 1. The summed E-state index contributed by atoms with van der Waals surface area (Å²) in [6.07, 6.45) is 0. The van der Waals surface area contributed by atoms with Crippen LogP contribution in [0, 0.1) is 0 Å². The predicted molar refractivity (Wildman–Crippen MR) is 83.3 cm³/mol. The lowest BCUT2D eigenvalue weighted by Crippen LogP contribution is -2.17. The third-order valence-electron chi connectivity index (χ3n) is 3.01. The Morgan fingerprint density at radius 3 is 2.17 bits per heavy atom. The van der Waals surface area contributed by atoms with Gasteiger partial charge in [-0.05, 0) is 31.1 Å². The van der Waals surface area contributed by atoms with E-state index >= 15 is 0 Å². The van der Waals surface area contributed by atoms with E-state index in [0.29, 0.717) is 5.92 Å². The second-order valence-corrected chi connectivity index (χ2v) is 6.46. The topological polar surface area (TPSA) is 29.3 Å². The highest BCUT2D eigenvalue weighted by molar-refractivity contribution is 7.99. The fourth-order valence-corrected chi connectivity index (χ4v) is 2.79. The summed E-state index contributed by atoms with van der Waals surface area (Å²) < 4.78 is 0. The van der Waals surface area contributed by atoms with Crippen molar-refractivity contribution in [3.05, 3.63) is 35.4 Å². The van der Waals surface area contributed by atoms with Gasteiger partial charge in [-0.1, -0.05) is 38.1 Å². The summed E-state index contributed by atoms with van der Waals surface area (Å²) in [5, 5.41) is 0. The van der Waals surface area contributed by atoms with E-state index in [1.807, 2.05) is 11.8 Å². The van der Waals surface area contributed by atoms with Crippen LogP contribution in [0.15, 0.2) is 24.3 Å². The molecule has 1 aromatic carbocycles. The number of nitrogens with zero attached hydrogens (tertiary/aromatic N) is 1. The number of benzene rings is 1. The summed E-state index contributed by atoms with van der Waals surface area (Å²) in [4.78, 5) is 2.20. The Balaban J connectivity index is 2.39. The highest BCUT2D eigenvalue weighted by Crippen LogP contribution is 2.20. The van der Waals surface area contributed by atoms with Crippen LogP contribution in [0.1, 0.15) is 36.9 Å². The molecule has 3 heteroatoms. The molecule has 102 valence electrons. The normalized spacial score (nSPS) is 13.3. The van der Waals surface area contributed by atoms with E-state index in [1.165, 1.54) is 11.1 Å². The van der Waals surface area contributed by atoms with Crippen molar-refractivity contribution in [2.45, 2.75) is 25.8 Å². The summed E-state index contributed by atoms with van der Waals surface area (Å²) in [6.45, 7) is 5.54. The highest BCUT2D eigenvalue weighted by Gasteiger charge is 2.07. The molecule has 0 saturated carbocycles. The van der Waals surface area contributed by atoms with Gasteiger partial charge in [0.15, 0.2) is 0 Å². The average molecular weight is 266 g/mol. The molecule has 1 atom stereocenters. The lowest BCUT2D eigenvalue weighted by atomic mass is 10.00. The largest absolute Gasteiger partial charge is 0.323 e. The molecule has 0 aromatic heterocycles. The van der Waals surface area contributed by atoms with Crippen molar-refractivity contribution >= 4 is 11.8 Å². The first-order chi connectivity index (χ1) is 8.50. The van der Waals surface area contributed by atoms with Gasteiger partial charge in [-0.3, -0.25) is 0 Å². The molecule has 2 nitrogen and oxygen atoms in total. The molecule has 0 heterocycles. The molecule has 2 N–H and O–H groups in total. The molecule has 18 heavy (non-hydrogen) atoms. The van der Waals surface area contributed by atoms with Crippen molar-refractivity contribution in [1.82, 2.24) is 4.90 Å². The van der Waals surface area contributed by atoms with Gasteiger partial charge in [0.25, 0.3) is 0 Å². The molecular weight excluding hydrogens is 240 g/mol. The standard InChI is InChI=1S/C15H26N2S/c1-12(2)13-5-7-14(8-6-13)15(16)11-18-10-9-17(3)4/h5-8,12,15H,9-11,16H2,1-4H3. The van der Waals surface area contributed by atoms with Crippen LogP contribution in [0.5, 0.6) is 0 Å². The molecule has 0 aliphatic rings. The second-order valence-electron chi connectivity index (χ2n) is 5.31. The molecule has 0 aliphatic heterocycles. The average Bonchev–Trinajstić information content (AvgIpc) is 2.34. The van der Waals surface area contributed by atoms with Crippen molar-refractivity contribution in [2.75, 3.05) is 32.1 Å². The first-order valence-electron chi connectivity index (χ1n) is 6.58. The van der Waals surface area contributed by atoms with Crippen LogP contribution >= 0.6 is 11.8 Å². The molecule has 0 spiro atoms. The Morgan fingerprint density at radius 2 is 1.67 bits per heavy atom. The molecular formula is C15H26N2S. The molecule has 1 rings (SSSR count). The summed E-state index contributed by atoms with van der Waals surface area (Å²) in [5.41, 5.74) is 8.83. The van der Waals surface area contributed by atoms with E-state index < -0.39 is 0 Å². The third kappa shape index (κ3) is 5.42. The van der Waals surface area contributed by atoms with Crippen LogP contribution in [0.25, 0.3) is 0 Å². The Hall–Kier alpha value is -0.510. The molecule has 0 fully saturated rings. The monoisotopic (exact) mass is 266 g/mol. The zero-order chi connectivity index (χ0) is 13.5. The Bertz CT molecular complexity index is 333.